The number of hydrogen-bond donors (Lipinski definition) is 0. The van der Waals surface area contributed by atoms with Gasteiger partial charge in [-0.2, -0.15) is 0 Å². The highest BCUT2D eigenvalue weighted by Gasteiger charge is 2.15. The number of hydrogen-bond acceptors (Lipinski definition) is 1. The van der Waals surface area contributed by atoms with Gasteiger partial charge in [-0.05, 0) is 65.4 Å². The first-order valence-corrected chi connectivity index (χ1v) is 8.89. The first-order chi connectivity index (χ1) is 10.0. The first kappa shape index (κ1) is 15.3. The molecule has 1 atom stereocenters. The van der Waals surface area contributed by atoms with Crippen molar-refractivity contribution in [1.82, 2.24) is 9.55 Å². The molecule has 0 aliphatic rings. The van der Waals surface area contributed by atoms with Crippen LogP contribution in [-0.4, -0.2) is 9.55 Å². The van der Waals surface area contributed by atoms with Crippen LogP contribution < -0.4 is 0 Å². The van der Waals surface area contributed by atoms with Crippen molar-refractivity contribution >= 4 is 61.2 Å². The second kappa shape index (κ2) is 6.26. The summed E-state index contributed by atoms with van der Waals surface area (Å²) in [4.78, 5) is 4.71. The van der Waals surface area contributed by atoms with Crippen molar-refractivity contribution in [2.75, 3.05) is 0 Å². The number of nitrogens with zero attached hydrogens (tertiary/aromatic N) is 2. The molecule has 3 rings (SSSR count). The zero-order valence-electron chi connectivity index (χ0n) is 11.4. The summed E-state index contributed by atoms with van der Waals surface area (Å²) < 4.78 is 4.46. The molecular formula is C16H13BrClIN2. The van der Waals surface area contributed by atoms with Crippen LogP contribution >= 0.6 is 50.1 Å². The maximum Gasteiger partial charge on any atom is 0.128 e. The summed E-state index contributed by atoms with van der Waals surface area (Å²) >= 11 is 12.1. The lowest BCUT2D eigenvalue weighted by atomic mass is 10.2. The van der Waals surface area contributed by atoms with Gasteiger partial charge in [-0.1, -0.05) is 28.1 Å². The van der Waals surface area contributed by atoms with Crippen LogP contribution in [0, 0.1) is 3.57 Å². The molecule has 1 heterocycles. The van der Waals surface area contributed by atoms with Crippen molar-refractivity contribution in [3.8, 4) is 0 Å². The summed E-state index contributed by atoms with van der Waals surface area (Å²) in [6.45, 7) is 2.73. The van der Waals surface area contributed by atoms with Crippen molar-refractivity contribution in [1.29, 1.82) is 0 Å². The normalized spacial score (nSPS) is 12.8. The maximum absolute atomic E-state index is 6.32. The lowest BCUT2D eigenvalue weighted by Gasteiger charge is -2.11. The van der Waals surface area contributed by atoms with Gasteiger partial charge in [0.25, 0.3) is 0 Å². The van der Waals surface area contributed by atoms with E-state index in [1.807, 2.05) is 19.1 Å². The molecule has 0 aliphatic carbocycles. The molecule has 21 heavy (non-hydrogen) atoms. The molecule has 1 unspecified atom stereocenters. The molecule has 0 N–H and O–H groups in total. The van der Waals surface area contributed by atoms with Crippen LogP contribution in [0.4, 0.5) is 0 Å². The Morgan fingerprint density at radius 1 is 1.29 bits per heavy atom. The zero-order chi connectivity index (χ0) is 15.0. The molecule has 0 saturated heterocycles. The van der Waals surface area contributed by atoms with Crippen LogP contribution in [0.2, 0.25) is 0 Å². The molecule has 2 nitrogen and oxygen atoms in total. The van der Waals surface area contributed by atoms with Gasteiger partial charge in [0.05, 0.1) is 16.4 Å². The summed E-state index contributed by atoms with van der Waals surface area (Å²) in [5, 5.41) is -0.123. The van der Waals surface area contributed by atoms with Gasteiger partial charge in [0.1, 0.15) is 5.82 Å². The zero-order valence-corrected chi connectivity index (χ0v) is 15.9. The van der Waals surface area contributed by atoms with Crippen LogP contribution in [0.3, 0.4) is 0 Å². The Labute approximate surface area is 150 Å². The Hall–Kier alpha value is -0.590. The van der Waals surface area contributed by atoms with Gasteiger partial charge >= 0.3 is 0 Å². The fourth-order valence-electron chi connectivity index (χ4n) is 2.41. The Morgan fingerprint density at radius 2 is 2.10 bits per heavy atom. The Kier molecular flexibility index (Phi) is 4.57. The molecule has 3 aromatic rings. The van der Waals surface area contributed by atoms with Gasteiger partial charge in [0.2, 0.25) is 0 Å². The molecule has 0 fully saturated rings. The molecular weight excluding hydrogens is 462 g/mol. The van der Waals surface area contributed by atoms with Gasteiger partial charge in [0.15, 0.2) is 0 Å². The molecule has 2 aromatic carbocycles. The van der Waals surface area contributed by atoms with Gasteiger partial charge in [-0.15, -0.1) is 11.6 Å². The van der Waals surface area contributed by atoms with Crippen LogP contribution in [0.25, 0.3) is 11.0 Å². The number of benzene rings is 2. The minimum atomic E-state index is -0.123. The highest BCUT2D eigenvalue weighted by molar-refractivity contribution is 14.1. The van der Waals surface area contributed by atoms with Crippen LogP contribution in [0.1, 0.15) is 23.7 Å². The van der Waals surface area contributed by atoms with Gasteiger partial charge < -0.3 is 4.57 Å². The Morgan fingerprint density at radius 3 is 2.81 bits per heavy atom. The first-order valence-electron chi connectivity index (χ1n) is 6.59. The predicted molar refractivity (Wildman–Crippen MR) is 100.0 cm³/mol. The molecule has 0 amide bonds. The molecule has 0 bridgehead atoms. The van der Waals surface area contributed by atoms with E-state index in [4.69, 9.17) is 16.6 Å². The summed E-state index contributed by atoms with van der Waals surface area (Å²) in [7, 11) is 0. The number of halogens is 3. The lowest BCUT2D eigenvalue weighted by molar-refractivity contribution is 0.742. The average molecular weight is 476 g/mol. The van der Waals surface area contributed by atoms with E-state index in [0.717, 1.165) is 27.9 Å². The van der Waals surface area contributed by atoms with Crippen molar-refractivity contribution < 1.29 is 0 Å². The third-order valence-corrected chi connectivity index (χ3v) is 4.68. The van der Waals surface area contributed by atoms with E-state index < -0.39 is 0 Å². The second-order valence-electron chi connectivity index (χ2n) is 4.94. The summed E-state index contributed by atoms with van der Waals surface area (Å²) in [6.07, 6.45) is 0. The van der Waals surface area contributed by atoms with Crippen molar-refractivity contribution in [2.24, 2.45) is 0 Å². The predicted octanol–water partition coefficient (Wildman–Crippen LogP) is 5.75. The van der Waals surface area contributed by atoms with Crippen LogP contribution in [-0.2, 0) is 6.54 Å². The van der Waals surface area contributed by atoms with Gasteiger partial charge in [-0.3, -0.25) is 0 Å². The van der Waals surface area contributed by atoms with E-state index in [2.05, 4.69) is 73.4 Å². The molecule has 1 aromatic heterocycles. The molecule has 0 radical (unpaired) electrons. The maximum atomic E-state index is 6.32. The summed E-state index contributed by atoms with van der Waals surface area (Å²) in [5.41, 5.74) is 3.35. The van der Waals surface area contributed by atoms with Crippen molar-refractivity contribution in [3.05, 3.63) is 61.9 Å². The van der Waals surface area contributed by atoms with E-state index in [1.165, 1.54) is 9.13 Å². The van der Waals surface area contributed by atoms with Crippen molar-refractivity contribution in [2.45, 2.75) is 18.8 Å². The molecule has 0 saturated carbocycles. The van der Waals surface area contributed by atoms with E-state index >= 15 is 0 Å². The van der Waals surface area contributed by atoms with E-state index in [-0.39, 0.29) is 5.38 Å². The number of imidazole rings is 1. The quantitative estimate of drug-likeness (QED) is 0.348. The lowest BCUT2D eigenvalue weighted by Crippen LogP contribution is -2.05. The average Bonchev–Trinajstić information content (AvgIpc) is 2.77. The van der Waals surface area contributed by atoms with E-state index in [0.29, 0.717) is 0 Å². The minimum Gasteiger partial charge on any atom is -0.322 e. The summed E-state index contributed by atoms with van der Waals surface area (Å²) in [5.74, 6) is 0.911. The van der Waals surface area contributed by atoms with E-state index in [9.17, 15) is 0 Å². The topological polar surface area (TPSA) is 17.8 Å². The van der Waals surface area contributed by atoms with Crippen LogP contribution in [0.15, 0.2) is 46.9 Å². The number of fused-ring (bicyclic) bond motifs is 1. The molecule has 0 aliphatic heterocycles. The third kappa shape index (κ3) is 3.27. The number of rotatable bonds is 3. The fourth-order valence-corrected chi connectivity index (χ4v) is 3.50. The van der Waals surface area contributed by atoms with Crippen molar-refractivity contribution in [3.63, 3.8) is 0 Å². The molecule has 5 heteroatoms. The monoisotopic (exact) mass is 474 g/mol. The van der Waals surface area contributed by atoms with Gasteiger partial charge in [0, 0.05) is 14.6 Å². The number of aromatic nitrogens is 2. The third-order valence-electron chi connectivity index (χ3n) is 3.33. The SMILES string of the molecule is CC(Cl)c1nc2cc(I)ccc2n1Cc1cccc(Br)c1. The highest BCUT2D eigenvalue weighted by atomic mass is 127. The second-order valence-corrected chi connectivity index (χ2v) is 7.75. The van der Waals surface area contributed by atoms with Gasteiger partial charge in [-0.25, -0.2) is 4.98 Å². The number of alkyl halides is 1. The van der Waals surface area contributed by atoms with Crippen LogP contribution in [0.5, 0.6) is 0 Å². The Balaban J connectivity index is 2.13. The highest BCUT2D eigenvalue weighted by Crippen LogP contribution is 2.27. The molecule has 0 spiro atoms. The Bertz CT molecular complexity index is 798. The van der Waals surface area contributed by atoms with E-state index in [1.54, 1.807) is 0 Å². The molecule has 108 valence electrons. The summed E-state index contributed by atoms with van der Waals surface area (Å²) in [6, 6.07) is 14.6. The smallest absolute Gasteiger partial charge is 0.128 e. The fraction of sp³-hybridized carbons (Fsp3) is 0.188. The minimum absolute atomic E-state index is 0.123. The standard InChI is InChI=1S/C16H13BrClIN2/c1-10(18)16-20-14-8-13(19)5-6-15(14)21(16)9-11-3-2-4-12(17)7-11/h2-8,10H,9H2,1H3. The largest absolute Gasteiger partial charge is 0.322 e.